The molecule has 138 valence electrons. The fourth-order valence-electron chi connectivity index (χ4n) is 3.03. The van der Waals surface area contributed by atoms with Gasteiger partial charge in [-0.1, -0.05) is 12.1 Å². The summed E-state index contributed by atoms with van der Waals surface area (Å²) in [7, 11) is 0. The number of halogens is 3. The highest BCUT2D eigenvalue weighted by Crippen LogP contribution is 2.32. The van der Waals surface area contributed by atoms with Gasteiger partial charge in [0.05, 0.1) is 23.0 Å². The Morgan fingerprint density at radius 1 is 1.27 bits per heavy atom. The van der Waals surface area contributed by atoms with Crippen molar-refractivity contribution in [2.45, 2.75) is 38.0 Å². The number of alkyl halides is 3. The highest BCUT2D eigenvalue weighted by molar-refractivity contribution is 5.99. The van der Waals surface area contributed by atoms with Crippen molar-refractivity contribution in [2.75, 3.05) is 0 Å². The molecule has 9 heteroatoms. The van der Waals surface area contributed by atoms with Gasteiger partial charge < -0.3 is 11.1 Å². The average molecular weight is 366 g/mol. The number of nitrogens with one attached hydrogen (secondary N) is 1. The SMILES string of the molecule is CC(NC(=O)c1cnn2c1CCC2)(C(N)=O)c1cccc(C(F)(F)F)c1. The summed E-state index contributed by atoms with van der Waals surface area (Å²) >= 11 is 0. The van der Waals surface area contributed by atoms with Crippen LogP contribution in [0, 0.1) is 0 Å². The third kappa shape index (κ3) is 3.04. The number of rotatable bonds is 4. The van der Waals surface area contributed by atoms with Crippen LogP contribution in [-0.4, -0.2) is 21.6 Å². The minimum atomic E-state index is -4.58. The van der Waals surface area contributed by atoms with E-state index in [1.807, 2.05) is 0 Å². The number of amides is 2. The van der Waals surface area contributed by atoms with Gasteiger partial charge in [-0.15, -0.1) is 0 Å². The van der Waals surface area contributed by atoms with Crippen molar-refractivity contribution in [3.8, 4) is 0 Å². The maximum atomic E-state index is 13.0. The van der Waals surface area contributed by atoms with Gasteiger partial charge in [0, 0.05) is 6.54 Å². The normalized spacial score (nSPS) is 16.0. The molecule has 3 rings (SSSR count). The molecule has 1 atom stereocenters. The van der Waals surface area contributed by atoms with Gasteiger partial charge in [-0.25, -0.2) is 0 Å². The molecule has 0 aliphatic carbocycles. The Labute approximate surface area is 147 Å². The van der Waals surface area contributed by atoms with Gasteiger partial charge in [-0.2, -0.15) is 18.3 Å². The monoisotopic (exact) mass is 366 g/mol. The number of aromatic nitrogens is 2. The Morgan fingerprint density at radius 3 is 2.62 bits per heavy atom. The van der Waals surface area contributed by atoms with Crippen LogP contribution < -0.4 is 11.1 Å². The van der Waals surface area contributed by atoms with E-state index in [1.54, 1.807) is 4.68 Å². The van der Waals surface area contributed by atoms with Crippen molar-refractivity contribution in [3.63, 3.8) is 0 Å². The first-order valence-corrected chi connectivity index (χ1v) is 7.98. The third-order valence-electron chi connectivity index (χ3n) is 4.60. The highest BCUT2D eigenvalue weighted by atomic mass is 19.4. The van der Waals surface area contributed by atoms with Crippen molar-refractivity contribution in [1.82, 2.24) is 15.1 Å². The molecular weight excluding hydrogens is 349 g/mol. The van der Waals surface area contributed by atoms with Gasteiger partial charge in [-0.3, -0.25) is 14.3 Å². The molecule has 26 heavy (non-hydrogen) atoms. The fraction of sp³-hybridized carbons (Fsp3) is 0.353. The predicted molar refractivity (Wildman–Crippen MR) is 86.0 cm³/mol. The van der Waals surface area contributed by atoms with Gasteiger partial charge in [0.1, 0.15) is 5.54 Å². The summed E-state index contributed by atoms with van der Waals surface area (Å²) in [5, 5.41) is 6.59. The lowest BCUT2D eigenvalue weighted by Gasteiger charge is -2.28. The molecule has 2 amide bonds. The second-order valence-electron chi connectivity index (χ2n) is 6.35. The molecule has 0 saturated heterocycles. The maximum Gasteiger partial charge on any atom is 0.416 e. The topological polar surface area (TPSA) is 90.0 Å². The van der Waals surface area contributed by atoms with E-state index in [2.05, 4.69) is 10.4 Å². The Balaban J connectivity index is 1.95. The summed E-state index contributed by atoms with van der Waals surface area (Å²) in [4.78, 5) is 24.7. The molecule has 6 nitrogen and oxygen atoms in total. The molecule has 1 aliphatic rings. The minimum absolute atomic E-state index is 0.0445. The number of nitrogens with two attached hydrogens (primary N) is 1. The van der Waals surface area contributed by atoms with Crippen molar-refractivity contribution >= 4 is 11.8 Å². The van der Waals surface area contributed by atoms with E-state index >= 15 is 0 Å². The smallest absolute Gasteiger partial charge is 0.367 e. The van der Waals surface area contributed by atoms with Crippen molar-refractivity contribution in [1.29, 1.82) is 0 Å². The number of primary amides is 1. The van der Waals surface area contributed by atoms with Crippen LogP contribution in [0.4, 0.5) is 13.2 Å². The second-order valence-corrected chi connectivity index (χ2v) is 6.35. The molecule has 2 aromatic rings. The lowest BCUT2D eigenvalue weighted by Crippen LogP contribution is -2.52. The Morgan fingerprint density at radius 2 is 1.96 bits per heavy atom. The number of fused-ring (bicyclic) bond motifs is 1. The van der Waals surface area contributed by atoms with E-state index in [4.69, 9.17) is 5.73 Å². The summed E-state index contributed by atoms with van der Waals surface area (Å²) in [5.74, 6) is -1.57. The van der Waals surface area contributed by atoms with Crippen LogP contribution in [0.5, 0.6) is 0 Å². The van der Waals surface area contributed by atoms with E-state index in [1.165, 1.54) is 25.3 Å². The number of nitrogens with zero attached hydrogens (tertiary/aromatic N) is 2. The summed E-state index contributed by atoms with van der Waals surface area (Å²) in [6.07, 6.45) is -1.67. The molecule has 0 radical (unpaired) electrons. The quantitative estimate of drug-likeness (QED) is 0.867. The molecule has 1 aromatic heterocycles. The van der Waals surface area contributed by atoms with Crippen LogP contribution in [0.1, 0.15) is 40.5 Å². The number of carbonyl (C=O) groups is 2. The molecule has 1 aliphatic heterocycles. The average Bonchev–Trinajstić information content (AvgIpc) is 3.16. The molecule has 0 bridgehead atoms. The zero-order chi connectivity index (χ0) is 19.1. The second kappa shape index (κ2) is 6.15. The van der Waals surface area contributed by atoms with Crippen LogP contribution in [0.3, 0.4) is 0 Å². The lowest BCUT2D eigenvalue weighted by molar-refractivity contribution is -0.137. The summed E-state index contributed by atoms with van der Waals surface area (Å²) < 4.78 is 40.6. The number of hydrogen-bond donors (Lipinski definition) is 2. The molecule has 0 spiro atoms. The van der Waals surface area contributed by atoms with Gasteiger partial charge >= 0.3 is 6.18 Å². The first kappa shape index (κ1) is 18.0. The van der Waals surface area contributed by atoms with Crippen molar-refractivity contribution in [3.05, 3.63) is 52.8 Å². The Bertz CT molecular complexity index is 875. The van der Waals surface area contributed by atoms with Crippen LogP contribution in [0.15, 0.2) is 30.5 Å². The molecule has 2 heterocycles. The summed E-state index contributed by atoms with van der Waals surface area (Å²) in [6, 6.07) is 4.19. The van der Waals surface area contributed by atoms with Gasteiger partial charge in [0.25, 0.3) is 5.91 Å². The lowest BCUT2D eigenvalue weighted by atomic mass is 9.89. The zero-order valence-corrected chi connectivity index (χ0v) is 13.9. The van der Waals surface area contributed by atoms with Crippen LogP contribution >= 0.6 is 0 Å². The first-order chi connectivity index (χ1) is 12.1. The van der Waals surface area contributed by atoms with Crippen molar-refractivity contribution in [2.24, 2.45) is 5.73 Å². The van der Waals surface area contributed by atoms with Gasteiger partial charge in [0.15, 0.2) is 0 Å². The van der Waals surface area contributed by atoms with Crippen LogP contribution in [0.2, 0.25) is 0 Å². The number of hydrogen-bond acceptors (Lipinski definition) is 3. The van der Waals surface area contributed by atoms with Crippen LogP contribution in [0.25, 0.3) is 0 Å². The Hall–Kier alpha value is -2.84. The predicted octanol–water partition coefficient (Wildman–Crippen LogP) is 1.98. The van der Waals surface area contributed by atoms with E-state index in [0.717, 1.165) is 24.2 Å². The summed E-state index contributed by atoms with van der Waals surface area (Å²) in [5.41, 5.74) is 3.68. The van der Waals surface area contributed by atoms with E-state index in [0.29, 0.717) is 18.5 Å². The van der Waals surface area contributed by atoms with E-state index in [9.17, 15) is 22.8 Å². The minimum Gasteiger partial charge on any atom is -0.367 e. The van der Waals surface area contributed by atoms with E-state index in [-0.39, 0.29) is 5.56 Å². The van der Waals surface area contributed by atoms with E-state index < -0.39 is 29.1 Å². The molecule has 0 fully saturated rings. The molecule has 1 unspecified atom stereocenters. The molecule has 1 aromatic carbocycles. The standard InChI is InChI=1S/C17H17F3N4O2/c1-16(15(21)26,10-4-2-5-11(8-10)17(18,19)20)23-14(25)12-9-22-24-7-3-6-13(12)24/h2,4-5,8-9H,3,6-7H2,1H3,(H2,21,26)(H,23,25). The van der Waals surface area contributed by atoms with Crippen LogP contribution in [-0.2, 0) is 29.5 Å². The fourth-order valence-corrected chi connectivity index (χ4v) is 3.03. The molecular formula is C17H17F3N4O2. The zero-order valence-electron chi connectivity index (χ0n) is 13.9. The third-order valence-corrected chi connectivity index (χ3v) is 4.60. The Kier molecular flexibility index (Phi) is 4.25. The molecule has 3 N–H and O–H groups in total. The largest absolute Gasteiger partial charge is 0.416 e. The molecule has 0 saturated carbocycles. The first-order valence-electron chi connectivity index (χ1n) is 7.98. The highest BCUT2D eigenvalue weighted by Gasteiger charge is 2.39. The number of aryl methyl sites for hydroxylation is 1. The number of benzene rings is 1. The maximum absolute atomic E-state index is 13.0. The van der Waals surface area contributed by atoms with Gasteiger partial charge in [0.2, 0.25) is 5.91 Å². The van der Waals surface area contributed by atoms with Crippen molar-refractivity contribution < 1.29 is 22.8 Å². The summed E-state index contributed by atoms with van der Waals surface area (Å²) in [6.45, 7) is 1.98. The number of carbonyl (C=O) groups excluding carboxylic acids is 2. The van der Waals surface area contributed by atoms with Gasteiger partial charge in [-0.05, 0) is 37.5 Å².